The average molecular weight is 440 g/mol. The Bertz CT molecular complexity index is 1080. The maximum Gasteiger partial charge on any atom is 0.263 e. The van der Waals surface area contributed by atoms with Crippen LogP contribution in [0.1, 0.15) is 32.1 Å². The molecule has 0 atom stereocenters. The molecule has 1 aromatic carbocycles. The summed E-state index contributed by atoms with van der Waals surface area (Å²) in [4.78, 5) is 28.6. The first-order chi connectivity index (χ1) is 13.8. The fraction of sp³-hybridized carbons (Fsp3) is 0.526. The van der Waals surface area contributed by atoms with Crippen molar-refractivity contribution in [2.75, 3.05) is 18.6 Å². The van der Waals surface area contributed by atoms with Crippen molar-refractivity contribution in [2.24, 2.45) is 12.0 Å². The summed E-state index contributed by atoms with van der Waals surface area (Å²) in [5, 5.41) is 2.76. The standard InChI is InChI=1S/C19H25N3O5S2/c1-22-15-9-8-14(27-2)10-16(15)28-19(22)21-18(24)12-29(25,26)11-17(23)20-13-6-4-3-5-7-13/h8-10,13H,3-7,11-12H2,1-2H3,(H,20,23). The van der Waals surface area contributed by atoms with Crippen molar-refractivity contribution in [3.8, 4) is 5.75 Å². The fourth-order valence-corrected chi connectivity index (χ4v) is 5.53. The van der Waals surface area contributed by atoms with E-state index < -0.39 is 33.2 Å². The predicted molar refractivity (Wildman–Crippen MR) is 112 cm³/mol. The maximum atomic E-state index is 12.3. The quantitative estimate of drug-likeness (QED) is 0.735. The van der Waals surface area contributed by atoms with E-state index in [1.165, 1.54) is 11.3 Å². The minimum atomic E-state index is -3.88. The number of fused-ring (bicyclic) bond motifs is 1. The third-order valence-corrected chi connectivity index (χ3v) is 7.38. The molecule has 1 aliphatic carbocycles. The zero-order valence-electron chi connectivity index (χ0n) is 16.5. The highest BCUT2D eigenvalue weighted by Gasteiger charge is 2.23. The van der Waals surface area contributed by atoms with Gasteiger partial charge in [0.2, 0.25) is 5.91 Å². The molecule has 1 aliphatic rings. The van der Waals surface area contributed by atoms with Gasteiger partial charge in [-0.15, -0.1) is 0 Å². The Kier molecular flexibility index (Phi) is 6.74. The van der Waals surface area contributed by atoms with Gasteiger partial charge in [0, 0.05) is 13.1 Å². The zero-order chi connectivity index (χ0) is 21.0. The highest BCUT2D eigenvalue weighted by atomic mass is 32.2. The molecular weight excluding hydrogens is 414 g/mol. The van der Waals surface area contributed by atoms with Crippen molar-refractivity contribution < 1.29 is 22.7 Å². The number of benzene rings is 1. The molecule has 3 rings (SSSR count). The molecular formula is C19H25N3O5S2. The van der Waals surface area contributed by atoms with Gasteiger partial charge in [-0.25, -0.2) is 8.42 Å². The summed E-state index contributed by atoms with van der Waals surface area (Å²) in [5.74, 6) is -2.14. The van der Waals surface area contributed by atoms with Crippen molar-refractivity contribution in [3.63, 3.8) is 0 Å². The first kappa shape index (κ1) is 21.5. The molecule has 0 radical (unpaired) electrons. The van der Waals surface area contributed by atoms with Gasteiger partial charge < -0.3 is 14.6 Å². The fourth-order valence-electron chi connectivity index (χ4n) is 3.44. The van der Waals surface area contributed by atoms with Crippen LogP contribution < -0.4 is 14.9 Å². The smallest absolute Gasteiger partial charge is 0.263 e. The van der Waals surface area contributed by atoms with Gasteiger partial charge in [-0.1, -0.05) is 30.6 Å². The number of nitrogens with zero attached hydrogens (tertiary/aromatic N) is 2. The molecule has 2 amide bonds. The summed E-state index contributed by atoms with van der Waals surface area (Å²) >= 11 is 1.27. The van der Waals surface area contributed by atoms with Crippen LogP contribution in [0, 0.1) is 0 Å². The monoisotopic (exact) mass is 439 g/mol. The first-order valence-corrected chi connectivity index (χ1v) is 12.1. The van der Waals surface area contributed by atoms with E-state index in [0.29, 0.717) is 10.6 Å². The maximum absolute atomic E-state index is 12.3. The Hall–Kier alpha value is -2.20. The second kappa shape index (κ2) is 9.08. The van der Waals surface area contributed by atoms with Crippen LogP contribution in [0.2, 0.25) is 0 Å². The summed E-state index contributed by atoms with van der Waals surface area (Å²) in [6, 6.07) is 5.51. The minimum Gasteiger partial charge on any atom is -0.497 e. The SMILES string of the molecule is COc1ccc2c(c1)sc(=NC(=O)CS(=O)(=O)CC(=O)NC1CCCCC1)n2C. The van der Waals surface area contributed by atoms with Crippen molar-refractivity contribution in [1.29, 1.82) is 0 Å². The molecule has 8 nitrogen and oxygen atoms in total. The number of nitrogens with one attached hydrogen (secondary N) is 1. The third-order valence-electron chi connectivity index (χ3n) is 4.90. The molecule has 158 valence electrons. The number of ether oxygens (including phenoxy) is 1. The van der Waals surface area contributed by atoms with Crippen molar-refractivity contribution in [2.45, 2.75) is 38.1 Å². The molecule has 29 heavy (non-hydrogen) atoms. The third kappa shape index (κ3) is 5.66. The number of carbonyl (C=O) groups excluding carboxylic acids is 2. The molecule has 0 unspecified atom stereocenters. The molecule has 0 bridgehead atoms. The van der Waals surface area contributed by atoms with Crippen molar-refractivity contribution >= 4 is 43.2 Å². The number of methoxy groups -OCH3 is 1. The molecule has 0 saturated heterocycles. The summed E-state index contributed by atoms with van der Waals surface area (Å²) in [5.41, 5.74) is 0.858. The normalized spacial score (nSPS) is 16.1. The molecule has 0 spiro atoms. The number of aryl methyl sites for hydroxylation is 1. The number of rotatable bonds is 6. The summed E-state index contributed by atoms with van der Waals surface area (Å²) in [6.45, 7) is 0. The molecule has 1 heterocycles. The lowest BCUT2D eigenvalue weighted by Gasteiger charge is -2.22. The first-order valence-electron chi connectivity index (χ1n) is 9.48. The number of aromatic nitrogens is 1. The summed E-state index contributed by atoms with van der Waals surface area (Å²) in [6.07, 6.45) is 4.95. The van der Waals surface area contributed by atoms with Crippen LogP contribution in [0.5, 0.6) is 5.75 Å². The lowest BCUT2D eigenvalue weighted by Crippen LogP contribution is -2.40. The number of hydrogen-bond acceptors (Lipinski definition) is 6. The van der Waals surface area contributed by atoms with Crippen molar-refractivity contribution in [1.82, 2.24) is 9.88 Å². The van der Waals surface area contributed by atoms with Crippen LogP contribution >= 0.6 is 11.3 Å². The van der Waals surface area contributed by atoms with Gasteiger partial charge in [0.05, 0.1) is 17.3 Å². The van der Waals surface area contributed by atoms with Gasteiger partial charge in [-0.05, 0) is 31.0 Å². The average Bonchev–Trinajstić information content (AvgIpc) is 2.96. The van der Waals surface area contributed by atoms with E-state index in [2.05, 4.69) is 10.3 Å². The lowest BCUT2D eigenvalue weighted by atomic mass is 9.95. The second-order valence-corrected chi connectivity index (χ2v) is 10.3. The van der Waals surface area contributed by atoms with E-state index in [1.807, 2.05) is 12.1 Å². The van der Waals surface area contributed by atoms with E-state index in [4.69, 9.17) is 4.74 Å². The van der Waals surface area contributed by atoms with Gasteiger partial charge in [-0.3, -0.25) is 9.59 Å². The van der Waals surface area contributed by atoms with Gasteiger partial charge in [0.15, 0.2) is 14.6 Å². The van der Waals surface area contributed by atoms with E-state index >= 15 is 0 Å². The number of amides is 2. The number of thiazole rings is 1. The van der Waals surface area contributed by atoms with E-state index in [9.17, 15) is 18.0 Å². The zero-order valence-corrected chi connectivity index (χ0v) is 18.1. The molecule has 1 aromatic heterocycles. The summed E-state index contributed by atoms with van der Waals surface area (Å²) < 4.78 is 32.3. The van der Waals surface area contributed by atoms with Gasteiger partial charge in [-0.2, -0.15) is 4.99 Å². The Balaban J connectivity index is 1.68. The van der Waals surface area contributed by atoms with Crippen LogP contribution in [-0.4, -0.2) is 49.5 Å². The van der Waals surface area contributed by atoms with Crippen LogP contribution in [0.25, 0.3) is 10.2 Å². The molecule has 0 aliphatic heterocycles. The van der Waals surface area contributed by atoms with Crippen LogP contribution in [0.15, 0.2) is 23.2 Å². The largest absolute Gasteiger partial charge is 0.497 e. The number of hydrogen-bond donors (Lipinski definition) is 1. The van der Waals surface area contributed by atoms with E-state index in [-0.39, 0.29) is 6.04 Å². The highest BCUT2D eigenvalue weighted by molar-refractivity contribution is 7.92. The van der Waals surface area contributed by atoms with Gasteiger partial charge in [0.1, 0.15) is 17.3 Å². The van der Waals surface area contributed by atoms with Crippen molar-refractivity contribution in [3.05, 3.63) is 23.0 Å². The molecule has 10 heteroatoms. The van der Waals surface area contributed by atoms with Crippen LogP contribution in [0.4, 0.5) is 0 Å². The molecule has 2 aromatic rings. The Morgan fingerprint density at radius 3 is 2.66 bits per heavy atom. The topological polar surface area (TPSA) is 107 Å². The summed E-state index contributed by atoms with van der Waals surface area (Å²) in [7, 11) is -0.563. The lowest BCUT2D eigenvalue weighted by molar-refractivity contribution is -0.119. The Labute approximate surface area is 173 Å². The molecule has 1 N–H and O–H groups in total. The second-order valence-electron chi connectivity index (χ2n) is 7.22. The number of sulfone groups is 1. The minimum absolute atomic E-state index is 0.0291. The van der Waals surface area contributed by atoms with E-state index in [0.717, 1.165) is 42.3 Å². The number of carbonyl (C=O) groups is 2. The van der Waals surface area contributed by atoms with Crippen LogP contribution in [-0.2, 0) is 26.5 Å². The Morgan fingerprint density at radius 1 is 1.24 bits per heavy atom. The Morgan fingerprint density at radius 2 is 1.97 bits per heavy atom. The molecule has 1 saturated carbocycles. The van der Waals surface area contributed by atoms with Crippen LogP contribution in [0.3, 0.4) is 0 Å². The molecule has 1 fully saturated rings. The predicted octanol–water partition coefficient (Wildman–Crippen LogP) is 1.54. The van der Waals surface area contributed by atoms with Gasteiger partial charge in [0.25, 0.3) is 5.91 Å². The highest BCUT2D eigenvalue weighted by Crippen LogP contribution is 2.22. The van der Waals surface area contributed by atoms with Gasteiger partial charge >= 0.3 is 0 Å². The van der Waals surface area contributed by atoms with E-state index in [1.54, 1.807) is 24.8 Å².